The van der Waals surface area contributed by atoms with Crippen LogP contribution in [0.2, 0.25) is 0 Å². The number of aryl methyl sites for hydroxylation is 1. The predicted molar refractivity (Wildman–Crippen MR) is 326 cm³/mol. The number of nitrogens with one attached hydrogen (secondary N) is 1. The number of aromatic nitrogens is 8. The molecule has 0 atom stereocenters. The number of pyridine rings is 2. The molecule has 12 aromatic rings. The Morgan fingerprint density at radius 2 is 1.06 bits per heavy atom. The molecule has 5 heterocycles. The summed E-state index contributed by atoms with van der Waals surface area (Å²) in [5.41, 5.74) is 4.77. The number of H-pyrrole nitrogens is 1. The van der Waals surface area contributed by atoms with Gasteiger partial charge in [-0.25, -0.2) is 5.69 Å². The third-order valence-electron chi connectivity index (χ3n) is 12.0. The van der Waals surface area contributed by atoms with Crippen molar-refractivity contribution in [3.05, 3.63) is 308 Å². The second kappa shape index (κ2) is 39.9. The van der Waals surface area contributed by atoms with Crippen LogP contribution in [0.5, 0.6) is 0 Å². The molecule has 0 bridgehead atoms. The summed E-state index contributed by atoms with van der Waals surface area (Å²) in [4.78, 5) is 19.0. The summed E-state index contributed by atoms with van der Waals surface area (Å²) in [7, 11) is -1.11. The second-order valence-corrected chi connectivity index (χ2v) is 22.7. The van der Waals surface area contributed by atoms with Crippen molar-refractivity contribution < 1.29 is 122 Å². The minimum absolute atomic E-state index is 0. The van der Waals surface area contributed by atoms with E-state index in [0.717, 1.165) is 41.4 Å². The third-order valence-corrected chi connectivity index (χ3v) is 17.3. The molecule has 1 radical (unpaired) electrons. The van der Waals surface area contributed by atoms with Gasteiger partial charge in [0.2, 0.25) is 0 Å². The monoisotopic (exact) mass is 1430 g/mol. The zero-order chi connectivity index (χ0) is 60.8. The molecular formula is C67H55F6IrN8Na2O3P2-3. The van der Waals surface area contributed by atoms with Crippen molar-refractivity contribution in [1.82, 2.24) is 40.6 Å². The van der Waals surface area contributed by atoms with Crippen molar-refractivity contribution in [3.8, 4) is 34.0 Å². The Balaban J connectivity index is 0.000000289. The molecule has 0 saturated heterocycles. The number of alkyl halides is 6. The summed E-state index contributed by atoms with van der Waals surface area (Å²) in [6, 6.07) is 90.4. The van der Waals surface area contributed by atoms with E-state index in [1.165, 1.54) is 44.7 Å². The first-order valence-electron chi connectivity index (χ1n) is 26.3. The van der Waals surface area contributed by atoms with E-state index in [1.807, 2.05) is 54.5 Å². The van der Waals surface area contributed by atoms with Gasteiger partial charge in [-0.3, -0.25) is 19.9 Å². The van der Waals surface area contributed by atoms with Crippen LogP contribution in [-0.4, -0.2) is 36.8 Å². The van der Waals surface area contributed by atoms with Gasteiger partial charge in [-0.1, -0.05) is 151 Å². The first kappa shape index (κ1) is 74.5. The van der Waals surface area contributed by atoms with Crippen LogP contribution in [0.1, 0.15) is 29.6 Å². The van der Waals surface area contributed by atoms with Crippen LogP contribution in [0.15, 0.2) is 267 Å². The van der Waals surface area contributed by atoms with Crippen LogP contribution in [0, 0.1) is 19.1 Å². The Bertz CT molecular complexity index is 3510. The first-order chi connectivity index (χ1) is 41.8. The van der Waals surface area contributed by atoms with Gasteiger partial charge in [-0.2, -0.15) is 67.3 Å². The molecule has 89 heavy (non-hydrogen) atoms. The van der Waals surface area contributed by atoms with E-state index in [4.69, 9.17) is 10.1 Å². The van der Waals surface area contributed by atoms with Crippen LogP contribution >= 0.6 is 15.8 Å². The fraction of sp³-hybridized carbons (Fsp3) is 0.0746. The average molecular weight is 1430 g/mol. The van der Waals surface area contributed by atoms with Gasteiger partial charge >= 0.3 is 71.5 Å². The summed E-state index contributed by atoms with van der Waals surface area (Å²) in [5.74, 6) is 0. The summed E-state index contributed by atoms with van der Waals surface area (Å²) in [6.45, 7) is 1.75. The molecule has 22 heteroatoms. The van der Waals surface area contributed by atoms with Gasteiger partial charge < -0.3 is 32.0 Å². The molecule has 0 spiro atoms. The minimum Gasteiger partial charge on any atom is -1.00 e. The van der Waals surface area contributed by atoms with E-state index in [-0.39, 0.29) is 106 Å². The fourth-order valence-corrected chi connectivity index (χ4v) is 12.8. The van der Waals surface area contributed by atoms with E-state index in [9.17, 15) is 26.3 Å². The number of carbonyl (C=O) groups excluding carboxylic acids is 1. The van der Waals surface area contributed by atoms with Crippen LogP contribution in [0.25, 0.3) is 34.0 Å². The smallest absolute Gasteiger partial charge is 1.00 e. The molecule has 12 rings (SSSR count). The first-order valence-corrected chi connectivity index (χ1v) is 29.6. The summed E-state index contributed by atoms with van der Waals surface area (Å²) in [5, 5.41) is 34.1. The van der Waals surface area contributed by atoms with Gasteiger partial charge in [0.15, 0.2) is 0 Å². The number of carbonyl (C=O) groups is 1. The average Bonchev–Trinajstić information content (AvgIpc) is 2.49. The maximum Gasteiger partial charge on any atom is 1.00 e. The maximum atomic E-state index is 12.2. The predicted octanol–water partition coefficient (Wildman–Crippen LogP) is 7.15. The molecule has 0 fully saturated rings. The van der Waals surface area contributed by atoms with Crippen molar-refractivity contribution in [2.24, 2.45) is 0 Å². The molecule has 1 N–H and O–H groups in total. The molecule has 0 saturated carbocycles. The zero-order valence-electron chi connectivity index (χ0n) is 49.3. The Morgan fingerprint density at radius 3 is 1.48 bits per heavy atom. The summed E-state index contributed by atoms with van der Waals surface area (Å²) in [6.07, 6.45) is -3.70. The van der Waals surface area contributed by atoms with Gasteiger partial charge in [-0.15, -0.1) is 35.9 Å². The van der Waals surface area contributed by atoms with Crippen molar-refractivity contribution in [3.63, 3.8) is 0 Å². The molecule has 11 nitrogen and oxygen atoms in total. The number of rotatable bonds is 12. The maximum absolute atomic E-state index is 12.2. The number of benzene rings is 7. The SMILES string of the molecule is Cc1cc(-c2[c-]cccc2)[n-]n1.FC(F)(F)c1cc(-c2ccccn2)[n-]n1.FC(F)(F)c1cc(-c2ccccn2)n[nH]1.O=CO[O-].[H-].[Ir].[Na+].[Na+].[c-]1ccccc1C[PH+](c1ccccc1)c1ccccc1.c1ccc(CP(c2ccccc2)c2ccccc2)cc1. The van der Waals surface area contributed by atoms with Crippen molar-refractivity contribution in [2.75, 3.05) is 0 Å². The number of halogens is 6. The molecule has 0 amide bonds. The molecule has 5 aromatic heterocycles. The zero-order valence-corrected chi connectivity index (χ0v) is 56.6. The summed E-state index contributed by atoms with van der Waals surface area (Å²) >= 11 is 0. The molecule has 0 unspecified atom stereocenters. The molecule has 7 aromatic carbocycles. The second-order valence-electron chi connectivity index (χ2n) is 18.1. The molecule has 0 aliphatic carbocycles. The Labute approximate surface area is 574 Å². The van der Waals surface area contributed by atoms with Crippen molar-refractivity contribution >= 4 is 43.5 Å². The fourth-order valence-electron chi connectivity index (χ4n) is 7.95. The Kier molecular flexibility index (Phi) is 33.4. The van der Waals surface area contributed by atoms with Gasteiger partial charge in [0.1, 0.15) is 17.1 Å². The Hall–Kier alpha value is -7.01. The third kappa shape index (κ3) is 25.4. The van der Waals surface area contributed by atoms with E-state index in [2.05, 4.69) is 216 Å². The van der Waals surface area contributed by atoms with Gasteiger partial charge in [0.25, 0.3) is 6.47 Å². The van der Waals surface area contributed by atoms with Gasteiger partial charge in [-0.05, 0) is 91.7 Å². The Morgan fingerprint density at radius 1 is 0.573 bits per heavy atom. The largest absolute Gasteiger partial charge is 1.00 e. The standard InChI is InChI=1S/C19H17P.C19H16P.C10H8N2.C9H6F3N3.C9H5F3N3.CH2O3.Ir.2Na.H/c2*1-4-10-17(11-5-1)16-20(18-12-6-2-7-13-18)19-14-8-3-9-15-19;1-8-7-10(12-11-8)9-5-3-2-4-6-9;2*10-9(11,12)8-5-7(14-15-8)6-3-1-2-4-13-6;2-1-4-3;;;;/h1-15H,16H2;1-10,12-15H,16H2;2-5,7H,1H3;1-5H,(H,14,15);1-5H;1,3H;;;;/q;-1;-2;;-1;;;2*+1;-1. The van der Waals surface area contributed by atoms with Crippen LogP contribution < -0.4 is 95.8 Å². The van der Waals surface area contributed by atoms with E-state index in [1.54, 1.807) is 36.4 Å². The van der Waals surface area contributed by atoms with E-state index < -0.39 is 31.7 Å². The van der Waals surface area contributed by atoms with Crippen molar-refractivity contribution in [1.29, 1.82) is 0 Å². The molecule has 447 valence electrons. The van der Waals surface area contributed by atoms with Crippen LogP contribution in [0.3, 0.4) is 0 Å². The van der Waals surface area contributed by atoms with Crippen LogP contribution in [-0.2, 0) is 54.5 Å². The normalized spacial score (nSPS) is 10.3. The number of hydrogen-bond donors (Lipinski definition) is 1. The van der Waals surface area contributed by atoms with Gasteiger partial charge in [0, 0.05) is 50.0 Å². The minimum atomic E-state index is -4.46. The van der Waals surface area contributed by atoms with E-state index in [0.29, 0.717) is 11.4 Å². The number of aromatic amines is 1. The topological polar surface area (TPSA) is 158 Å². The number of hydrogen-bond acceptors (Lipinski definition) is 8. The molecular weight excluding hydrogens is 1380 g/mol. The summed E-state index contributed by atoms with van der Waals surface area (Å²) < 4.78 is 73.3. The van der Waals surface area contributed by atoms with Gasteiger partial charge in [0.05, 0.1) is 30.4 Å². The number of nitrogens with zero attached hydrogens (tertiary/aromatic N) is 7. The van der Waals surface area contributed by atoms with E-state index >= 15 is 0 Å². The van der Waals surface area contributed by atoms with Crippen molar-refractivity contribution in [2.45, 2.75) is 31.6 Å². The quantitative estimate of drug-likeness (QED) is 0.0254. The molecule has 0 aliphatic heterocycles. The van der Waals surface area contributed by atoms with Crippen LogP contribution in [0.4, 0.5) is 26.3 Å². The molecule has 0 aliphatic rings.